The van der Waals surface area contributed by atoms with Crippen molar-refractivity contribution in [1.82, 2.24) is 20.1 Å². The lowest BCUT2D eigenvalue weighted by Gasteiger charge is -2.04. The minimum absolute atomic E-state index is 0.717. The fourth-order valence-electron chi connectivity index (χ4n) is 2.58. The van der Waals surface area contributed by atoms with Crippen LogP contribution in [0.4, 0.5) is 0 Å². The van der Waals surface area contributed by atoms with Crippen molar-refractivity contribution < 1.29 is 0 Å². The van der Waals surface area contributed by atoms with Gasteiger partial charge in [0.1, 0.15) is 0 Å². The first-order valence-electron chi connectivity index (χ1n) is 7.44. The summed E-state index contributed by atoms with van der Waals surface area (Å²) in [6, 6.07) is 13.1. The number of nitrogens with one attached hydrogen (secondary N) is 1. The Balaban J connectivity index is 1.73. The standard InChI is InChI=1S/C17H18N4/c1-12-16-9-13(10-18-14-7-8-14)11-19-17(16)21(20-12)15-5-3-2-4-6-15/h2-6,9,11,14,18H,7-8,10H2,1H3. The fraction of sp³-hybridized carbons (Fsp3) is 0.294. The van der Waals surface area contributed by atoms with E-state index in [0.717, 1.165) is 29.0 Å². The van der Waals surface area contributed by atoms with E-state index in [0.29, 0.717) is 6.04 Å². The molecule has 2 heterocycles. The molecule has 106 valence electrons. The van der Waals surface area contributed by atoms with Crippen molar-refractivity contribution in [3.8, 4) is 5.69 Å². The van der Waals surface area contributed by atoms with Crippen LogP contribution in [0.25, 0.3) is 16.7 Å². The third-order valence-corrected chi connectivity index (χ3v) is 3.94. The predicted octanol–water partition coefficient (Wildman–Crippen LogP) is 2.98. The first-order chi connectivity index (χ1) is 10.3. The maximum absolute atomic E-state index is 4.64. The topological polar surface area (TPSA) is 42.7 Å². The largest absolute Gasteiger partial charge is 0.310 e. The van der Waals surface area contributed by atoms with Gasteiger partial charge in [-0.05, 0) is 43.5 Å². The van der Waals surface area contributed by atoms with Gasteiger partial charge in [-0.25, -0.2) is 9.67 Å². The van der Waals surface area contributed by atoms with Crippen LogP contribution >= 0.6 is 0 Å². The number of aryl methyl sites for hydroxylation is 1. The van der Waals surface area contributed by atoms with E-state index in [1.807, 2.05) is 36.0 Å². The van der Waals surface area contributed by atoms with Gasteiger partial charge >= 0.3 is 0 Å². The van der Waals surface area contributed by atoms with Crippen molar-refractivity contribution in [3.63, 3.8) is 0 Å². The van der Waals surface area contributed by atoms with Gasteiger partial charge in [0.15, 0.2) is 5.65 Å². The van der Waals surface area contributed by atoms with Gasteiger partial charge in [0.25, 0.3) is 0 Å². The number of pyridine rings is 1. The van der Waals surface area contributed by atoms with E-state index in [-0.39, 0.29) is 0 Å². The summed E-state index contributed by atoms with van der Waals surface area (Å²) >= 11 is 0. The summed E-state index contributed by atoms with van der Waals surface area (Å²) in [5.74, 6) is 0. The van der Waals surface area contributed by atoms with Crippen molar-refractivity contribution in [1.29, 1.82) is 0 Å². The molecule has 1 N–H and O–H groups in total. The molecule has 1 saturated carbocycles. The number of hydrogen-bond donors (Lipinski definition) is 1. The Labute approximate surface area is 123 Å². The van der Waals surface area contributed by atoms with Crippen LogP contribution in [-0.2, 0) is 6.54 Å². The predicted molar refractivity (Wildman–Crippen MR) is 83.5 cm³/mol. The zero-order chi connectivity index (χ0) is 14.2. The zero-order valence-electron chi connectivity index (χ0n) is 12.1. The molecule has 21 heavy (non-hydrogen) atoms. The van der Waals surface area contributed by atoms with Crippen molar-refractivity contribution in [2.75, 3.05) is 0 Å². The second kappa shape index (κ2) is 4.97. The van der Waals surface area contributed by atoms with E-state index in [1.165, 1.54) is 18.4 Å². The molecule has 0 unspecified atom stereocenters. The lowest BCUT2D eigenvalue weighted by Crippen LogP contribution is -2.15. The molecule has 0 amide bonds. The Morgan fingerprint density at radius 3 is 2.81 bits per heavy atom. The van der Waals surface area contributed by atoms with Crippen molar-refractivity contribution >= 4 is 11.0 Å². The van der Waals surface area contributed by atoms with Crippen molar-refractivity contribution in [2.45, 2.75) is 32.4 Å². The number of para-hydroxylation sites is 1. The van der Waals surface area contributed by atoms with E-state index < -0.39 is 0 Å². The van der Waals surface area contributed by atoms with Crippen molar-refractivity contribution in [2.24, 2.45) is 0 Å². The monoisotopic (exact) mass is 278 g/mol. The summed E-state index contributed by atoms with van der Waals surface area (Å²) in [5, 5.41) is 9.30. The Bertz CT molecular complexity index is 772. The van der Waals surface area contributed by atoms with E-state index in [4.69, 9.17) is 0 Å². The molecule has 0 radical (unpaired) electrons. The fourth-order valence-corrected chi connectivity index (χ4v) is 2.58. The first-order valence-corrected chi connectivity index (χ1v) is 7.44. The normalized spacial score (nSPS) is 14.7. The Hall–Kier alpha value is -2.20. The maximum Gasteiger partial charge on any atom is 0.163 e. The highest BCUT2D eigenvalue weighted by Gasteiger charge is 2.20. The molecule has 0 saturated heterocycles. The Morgan fingerprint density at radius 2 is 2.05 bits per heavy atom. The van der Waals surface area contributed by atoms with Gasteiger partial charge in [-0.1, -0.05) is 18.2 Å². The Kier molecular flexibility index (Phi) is 2.97. The SMILES string of the molecule is Cc1nn(-c2ccccc2)c2ncc(CNC3CC3)cc12. The molecule has 0 atom stereocenters. The smallest absolute Gasteiger partial charge is 0.163 e. The van der Waals surface area contributed by atoms with Gasteiger partial charge in [0.2, 0.25) is 0 Å². The summed E-state index contributed by atoms with van der Waals surface area (Å²) in [6.07, 6.45) is 4.57. The molecule has 0 aliphatic heterocycles. The molecule has 4 heteroatoms. The average molecular weight is 278 g/mol. The number of hydrogen-bond acceptors (Lipinski definition) is 3. The summed E-state index contributed by atoms with van der Waals surface area (Å²) < 4.78 is 1.92. The van der Waals surface area contributed by atoms with Gasteiger partial charge in [-0.2, -0.15) is 5.10 Å². The average Bonchev–Trinajstić information content (AvgIpc) is 3.30. The lowest BCUT2D eigenvalue weighted by atomic mass is 10.2. The van der Waals surface area contributed by atoms with Gasteiger partial charge in [-0.3, -0.25) is 0 Å². The molecule has 4 nitrogen and oxygen atoms in total. The molecular weight excluding hydrogens is 260 g/mol. The second-order valence-electron chi connectivity index (χ2n) is 5.70. The molecule has 1 aliphatic rings. The second-order valence-corrected chi connectivity index (χ2v) is 5.70. The zero-order valence-corrected chi connectivity index (χ0v) is 12.1. The van der Waals surface area contributed by atoms with Gasteiger partial charge < -0.3 is 5.32 Å². The molecule has 1 aliphatic carbocycles. The highest BCUT2D eigenvalue weighted by Crippen LogP contribution is 2.22. The maximum atomic E-state index is 4.64. The molecular formula is C17H18N4. The quantitative estimate of drug-likeness (QED) is 0.798. The van der Waals surface area contributed by atoms with Crippen LogP contribution in [0, 0.1) is 6.92 Å². The number of nitrogens with zero attached hydrogens (tertiary/aromatic N) is 3. The van der Waals surface area contributed by atoms with E-state index in [1.54, 1.807) is 0 Å². The minimum atomic E-state index is 0.717. The molecule has 2 aromatic heterocycles. The van der Waals surface area contributed by atoms with Gasteiger partial charge in [-0.15, -0.1) is 0 Å². The number of benzene rings is 1. The summed E-state index contributed by atoms with van der Waals surface area (Å²) in [5.41, 5.74) is 4.22. The van der Waals surface area contributed by atoms with Crippen LogP contribution in [0.3, 0.4) is 0 Å². The number of rotatable bonds is 4. The Morgan fingerprint density at radius 1 is 1.24 bits per heavy atom. The molecule has 3 aromatic rings. The van der Waals surface area contributed by atoms with Crippen LogP contribution in [0.2, 0.25) is 0 Å². The number of fused-ring (bicyclic) bond motifs is 1. The molecule has 1 fully saturated rings. The van der Waals surface area contributed by atoms with Crippen molar-refractivity contribution in [3.05, 3.63) is 53.9 Å². The van der Waals surface area contributed by atoms with Gasteiger partial charge in [0, 0.05) is 24.2 Å². The lowest BCUT2D eigenvalue weighted by molar-refractivity contribution is 0.686. The molecule has 0 spiro atoms. The highest BCUT2D eigenvalue weighted by atomic mass is 15.3. The van der Waals surface area contributed by atoms with Crippen LogP contribution in [0.5, 0.6) is 0 Å². The third-order valence-electron chi connectivity index (χ3n) is 3.94. The highest BCUT2D eigenvalue weighted by molar-refractivity contribution is 5.80. The van der Waals surface area contributed by atoms with Gasteiger partial charge in [0.05, 0.1) is 11.4 Å². The first kappa shape index (κ1) is 12.5. The van der Waals surface area contributed by atoms with E-state index in [9.17, 15) is 0 Å². The summed E-state index contributed by atoms with van der Waals surface area (Å²) in [7, 11) is 0. The molecule has 0 bridgehead atoms. The van der Waals surface area contributed by atoms with E-state index in [2.05, 4.69) is 33.6 Å². The van der Waals surface area contributed by atoms with Crippen LogP contribution in [0.15, 0.2) is 42.6 Å². The summed E-state index contributed by atoms with van der Waals surface area (Å²) in [4.78, 5) is 4.64. The van der Waals surface area contributed by atoms with E-state index >= 15 is 0 Å². The van der Waals surface area contributed by atoms with Crippen LogP contribution in [-0.4, -0.2) is 20.8 Å². The molecule has 4 rings (SSSR count). The third kappa shape index (κ3) is 2.43. The minimum Gasteiger partial charge on any atom is -0.310 e. The summed E-state index contributed by atoms with van der Waals surface area (Å²) in [6.45, 7) is 2.94. The van der Waals surface area contributed by atoms with Crippen LogP contribution in [0.1, 0.15) is 24.1 Å². The van der Waals surface area contributed by atoms with Crippen LogP contribution < -0.4 is 5.32 Å². The molecule has 1 aromatic carbocycles. The number of aromatic nitrogens is 3.